The summed E-state index contributed by atoms with van der Waals surface area (Å²) in [6.07, 6.45) is 3.04. The quantitative estimate of drug-likeness (QED) is 0.899. The summed E-state index contributed by atoms with van der Waals surface area (Å²) in [4.78, 5) is 0. The highest BCUT2D eigenvalue weighted by molar-refractivity contribution is 6.32. The maximum atomic E-state index is 6.18. The van der Waals surface area contributed by atoms with Gasteiger partial charge >= 0.3 is 0 Å². The highest BCUT2D eigenvalue weighted by Crippen LogP contribution is 2.27. The molecule has 2 N–H and O–H groups in total. The van der Waals surface area contributed by atoms with Crippen molar-refractivity contribution in [2.24, 2.45) is 5.73 Å². The molecule has 1 saturated heterocycles. The van der Waals surface area contributed by atoms with Crippen molar-refractivity contribution in [2.45, 2.75) is 25.4 Å². The fourth-order valence-corrected chi connectivity index (χ4v) is 2.19. The van der Waals surface area contributed by atoms with Gasteiger partial charge in [-0.15, -0.1) is 0 Å². The molecule has 0 spiro atoms. The number of benzene rings is 1. The van der Waals surface area contributed by atoms with Crippen molar-refractivity contribution in [1.29, 1.82) is 0 Å². The van der Waals surface area contributed by atoms with Crippen LogP contribution in [0.5, 0.6) is 5.75 Å². The van der Waals surface area contributed by atoms with Crippen LogP contribution >= 0.6 is 11.6 Å². The summed E-state index contributed by atoms with van der Waals surface area (Å²) < 4.78 is 11.2. The molecule has 17 heavy (non-hydrogen) atoms. The van der Waals surface area contributed by atoms with E-state index in [1.54, 1.807) is 0 Å². The molecule has 94 valence electrons. The predicted molar refractivity (Wildman–Crippen MR) is 68.7 cm³/mol. The zero-order chi connectivity index (χ0) is 12.1. The average molecular weight is 256 g/mol. The van der Waals surface area contributed by atoms with Crippen LogP contribution in [-0.4, -0.2) is 25.9 Å². The molecule has 4 heteroatoms. The molecule has 0 aliphatic carbocycles. The fourth-order valence-electron chi connectivity index (χ4n) is 1.95. The number of nitrogens with two attached hydrogens (primary N) is 1. The van der Waals surface area contributed by atoms with Crippen LogP contribution in [0.2, 0.25) is 5.02 Å². The second-order valence-electron chi connectivity index (χ2n) is 4.26. The largest absolute Gasteiger partial charge is 0.486 e. The van der Waals surface area contributed by atoms with Crippen LogP contribution in [0.4, 0.5) is 0 Å². The van der Waals surface area contributed by atoms with Crippen LogP contribution in [0.3, 0.4) is 0 Å². The van der Waals surface area contributed by atoms with Gasteiger partial charge in [-0.3, -0.25) is 0 Å². The minimum absolute atomic E-state index is 0.126. The second kappa shape index (κ2) is 6.24. The van der Waals surface area contributed by atoms with E-state index in [0.29, 0.717) is 18.2 Å². The zero-order valence-electron chi connectivity index (χ0n) is 9.82. The maximum absolute atomic E-state index is 6.18. The Bertz CT molecular complexity index is 364. The molecule has 0 saturated carbocycles. The van der Waals surface area contributed by atoms with Gasteiger partial charge in [0, 0.05) is 6.61 Å². The smallest absolute Gasteiger partial charge is 0.138 e. The molecule has 1 heterocycles. The second-order valence-corrected chi connectivity index (χ2v) is 4.67. The van der Waals surface area contributed by atoms with E-state index in [2.05, 4.69) is 0 Å². The van der Waals surface area contributed by atoms with Gasteiger partial charge in [0.05, 0.1) is 11.6 Å². The van der Waals surface area contributed by atoms with Crippen molar-refractivity contribution >= 4 is 11.6 Å². The van der Waals surface area contributed by atoms with Crippen LogP contribution in [0.1, 0.15) is 18.4 Å². The Kier molecular flexibility index (Phi) is 4.66. The molecule has 0 bridgehead atoms. The molecule has 1 aromatic carbocycles. The lowest BCUT2D eigenvalue weighted by Crippen LogP contribution is -2.28. The average Bonchev–Trinajstić information content (AvgIpc) is 2.34. The normalized spacial score (nSPS) is 20.2. The third-order valence-corrected chi connectivity index (χ3v) is 3.14. The topological polar surface area (TPSA) is 44.5 Å². The molecule has 1 fully saturated rings. The van der Waals surface area contributed by atoms with Crippen LogP contribution in [0.25, 0.3) is 0 Å². The first kappa shape index (κ1) is 12.7. The van der Waals surface area contributed by atoms with Gasteiger partial charge < -0.3 is 15.2 Å². The highest BCUT2D eigenvalue weighted by Gasteiger charge is 2.16. The Morgan fingerprint density at radius 2 is 2.35 bits per heavy atom. The summed E-state index contributed by atoms with van der Waals surface area (Å²) in [6.45, 7) is 2.12. The number of rotatable bonds is 4. The van der Waals surface area contributed by atoms with Gasteiger partial charge in [0.2, 0.25) is 0 Å². The van der Waals surface area contributed by atoms with E-state index >= 15 is 0 Å². The molecule has 1 atom stereocenters. The summed E-state index contributed by atoms with van der Waals surface area (Å²) >= 11 is 6.18. The van der Waals surface area contributed by atoms with E-state index in [1.165, 1.54) is 0 Å². The van der Waals surface area contributed by atoms with Gasteiger partial charge in [0.1, 0.15) is 11.9 Å². The molecule has 1 aliphatic heterocycles. The molecule has 3 nitrogen and oxygen atoms in total. The van der Waals surface area contributed by atoms with Crippen molar-refractivity contribution in [2.75, 3.05) is 19.8 Å². The van der Waals surface area contributed by atoms with Crippen LogP contribution in [0.15, 0.2) is 18.2 Å². The van der Waals surface area contributed by atoms with Gasteiger partial charge in [-0.1, -0.05) is 17.7 Å². The van der Waals surface area contributed by atoms with Gasteiger partial charge in [-0.25, -0.2) is 0 Å². The van der Waals surface area contributed by atoms with E-state index in [0.717, 1.165) is 37.2 Å². The van der Waals surface area contributed by atoms with E-state index in [9.17, 15) is 0 Å². The summed E-state index contributed by atoms with van der Waals surface area (Å²) in [6, 6.07) is 5.85. The lowest BCUT2D eigenvalue weighted by molar-refractivity contribution is 0.00747. The van der Waals surface area contributed by atoms with Gasteiger partial charge in [-0.2, -0.15) is 0 Å². The molecule has 0 radical (unpaired) electrons. The van der Waals surface area contributed by atoms with E-state index in [4.69, 9.17) is 26.8 Å². The fraction of sp³-hybridized carbons (Fsp3) is 0.538. The molecular formula is C13H18ClNO2. The molecule has 2 rings (SSSR count). The van der Waals surface area contributed by atoms with Crippen molar-refractivity contribution in [3.05, 3.63) is 28.8 Å². The first-order valence-electron chi connectivity index (χ1n) is 6.02. The van der Waals surface area contributed by atoms with Crippen LogP contribution < -0.4 is 10.5 Å². The molecule has 1 aliphatic rings. The number of hydrogen-bond donors (Lipinski definition) is 1. The minimum Gasteiger partial charge on any atom is -0.486 e. The summed E-state index contributed by atoms with van der Waals surface area (Å²) in [7, 11) is 0. The lowest BCUT2D eigenvalue weighted by Gasteiger charge is -2.23. The zero-order valence-corrected chi connectivity index (χ0v) is 10.6. The van der Waals surface area contributed by atoms with Crippen molar-refractivity contribution in [1.82, 2.24) is 0 Å². The Morgan fingerprint density at radius 1 is 1.47 bits per heavy atom. The first-order chi connectivity index (χ1) is 8.29. The van der Waals surface area contributed by atoms with Gasteiger partial charge in [0.15, 0.2) is 0 Å². The van der Waals surface area contributed by atoms with Crippen molar-refractivity contribution in [3.63, 3.8) is 0 Å². The molecule has 0 amide bonds. The van der Waals surface area contributed by atoms with Crippen LogP contribution in [-0.2, 0) is 11.2 Å². The van der Waals surface area contributed by atoms with E-state index in [1.807, 2.05) is 18.2 Å². The van der Waals surface area contributed by atoms with Gasteiger partial charge in [0.25, 0.3) is 0 Å². The first-order valence-corrected chi connectivity index (χ1v) is 6.40. The summed E-state index contributed by atoms with van der Waals surface area (Å²) in [5, 5.41) is 0.654. The highest BCUT2D eigenvalue weighted by atomic mass is 35.5. The Labute approximate surface area is 107 Å². The van der Waals surface area contributed by atoms with Crippen molar-refractivity contribution < 1.29 is 9.47 Å². The van der Waals surface area contributed by atoms with E-state index < -0.39 is 0 Å². The van der Waals surface area contributed by atoms with E-state index in [-0.39, 0.29) is 6.10 Å². The summed E-state index contributed by atoms with van der Waals surface area (Å²) in [5.41, 5.74) is 6.65. The molecule has 0 aromatic heterocycles. The summed E-state index contributed by atoms with van der Waals surface area (Å²) in [5.74, 6) is 0.739. The standard InChI is InChI=1S/C13H18ClNO2/c14-12-8-10(5-6-15)3-4-13(12)17-11-2-1-7-16-9-11/h3-4,8,11H,1-2,5-7,9,15H2. The maximum Gasteiger partial charge on any atom is 0.138 e. The SMILES string of the molecule is NCCc1ccc(OC2CCCOC2)c(Cl)c1. The molecular weight excluding hydrogens is 238 g/mol. The van der Waals surface area contributed by atoms with Gasteiger partial charge in [-0.05, 0) is 43.5 Å². The Hall–Kier alpha value is -0.770. The minimum atomic E-state index is 0.126. The number of hydrogen-bond acceptors (Lipinski definition) is 3. The van der Waals surface area contributed by atoms with Crippen molar-refractivity contribution in [3.8, 4) is 5.75 Å². The Balaban J connectivity index is 2.00. The van der Waals surface area contributed by atoms with Crippen LogP contribution in [0, 0.1) is 0 Å². The lowest BCUT2D eigenvalue weighted by atomic mass is 10.1. The third-order valence-electron chi connectivity index (χ3n) is 2.84. The third kappa shape index (κ3) is 3.60. The predicted octanol–water partition coefficient (Wildman–Crippen LogP) is 2.40. The number of halogens is 1. The monoisotopic (exact) mass is 255 g/mol. The molecule has 1 unspecified atom stereocenters. The number of ether oxygens (including phenoxy) is 2. The Morgan fingerprint density at radius 3 is 3.00 bits per heavy atom. The molecule has 1 aromatic rings.